The molecule has 2 amide bonds. The maximum absolute atomic E-state index is 12.3. The van der Waals surface area contributed by atoms with E-state index in [2.05, 4.69) is 4.98 Å². The van der Waals surface area contributed by atoms with Crippen LogP contribution in [0, 0.1) is 6.92 Å². The van der Waals surface area contributed by atoms with Crippen LogP contribution in [-0.2, 0) is 4.84 Å². The average Bonchev–Trinajstić information content (AvgIpc) is 2.80. The Morgan fingerprint density at radius 2 is 1.62 bits per heavy atom. The molecule has 0 unspecified atom stereocenters. The summed E-state index contributed by atoms with van der Waals surface area (Å²) in [4.78, 5) is 46.2. The Hall–Kier alpha value is -3.02. The number of nitrogens with zero attached hydrogens (tertiary/aromatic N) is 2. The quantitative estimate of drug-likeness (QED) is 0.811. The molecule has 6 heteroatoms. The van der Waals surface area contributed by atoms with E-state index in [0.717, 1.165) is 5.69 Å². The first kappa shape index (κ1) is 15.9. The molecular formula is C18H16N2O4. The molecule has 1 aromatic heterocycles. The first-order chi connectivity index (χ1) is 11.4. The Morgan fingerprint density at radius 3 is 2.12 bits per heavy atom. The van der Waals surface area contributed by atoms with Crippen LogP contribution in [0.2, 0.25) is 0 Å². The Balaban J connectivity index is 1.84. The third-order valence-electron chi connectivity index (χ3n) is 3.85. The van der Waals surface area contributed by atoms with Crippen molar-refractivity contribution >= 4 is 17.8 Å². The lowest BCUT2D eigenvalue weighted by Crippen LogP contribution is -2.33. The second-order valence-electron chi connectivity index (χ2n) is 5.85. The highest BCUT2D eigenvalue weighted by atomic mass is 16.7. The van der Waals surface area contributed by atoms with Crippen molar-refractivity contribution in [2.75, 3.05) is 0 Å². The zero-order chi connectivity index (χ0) is 17.4. The Labute approximate surface area is 139 Å². The van der Waals surface area contributed by atoms with Crippen LogP contribution >= 0.6 is 0 Å². The topological polar surface area (TPSA) is 76.6 Å². The van der Waals surface area contributed by atoms with Gasteiger partial charge in [0.15, 0.2) is 0 Å². The van der Waals surface area contributed by atoms with Crippen molar-refractivity contribution in [3.63, 3.8) is 0 Å². The monoisotopic (exact) mass is 324 g/mol. The number of pyridine rings is 1. The van der Waals surface area contributed by atoms with Gasteiger partial charge < -0.3 is 4.84 Å². The van der Waals surface area contributed by atoms with E-state index in [-0.39, 0.29) is 22.6 Å². The molecule has 0 atom stereocenters. The Kier molecular flexibility index (Phi) is 3.89. The molecule has 6 nitrogen and oxygen atoms in total. The number of benzene rings is 1. The number of fused-ring (bicyclic) bond motifs is 1. The van der Waals surface area contributed by atoms with Crippen molar-refractivity contribution < 1.29 is 19.2 Å². The molecule has 0 N–H and O–H groups in total. The minimum atomic E-state index is -0.787. The van der Waals surface area contributed by atoms with Crippen molar-refractivity contribution in [3.05, 3.63) is 64.5 Å². The minimum Gasteiger partial charge on any atom is -0.324 e. The van der Waals surface area contributed by atoms with Gasteiger partial charge in [-0.1, -0.05) is 31.0 Å². The number of hydrogen-bond acceptors (Lipinski definition) is 5. The van der Waals surface area contributed by atoms with Gasteiger partial charge in [-0.2, -0.15) is 0 Å². The zero-order valence-corrected chi connectivity index (χ0v) is 13.6. The average molecular weight is 324 g/mol. The summed E-state index contributed by atoms with van der Waals surface area (Å²) in [6.07, 6.45) is 0. The lowest BCUT2D eigenvalue weighted by Gasteiger charge is -2.14. The largest absolute Gasteiger partial charge is 0.365 e. The van der Waals surface area contributed by atoms with Crippen LogP contribution in [-0.4, -0.2) is 27.8 Å². The van der Waals surface area contributed by atoms with Gasteiger partial charge in [-0.3, -0.25) is 14.6 Å². The summed E-state index contributed by atoms with van der Waals surface area (Å²) in [5.74, 6) is -1.85. The second kappa shape index (κ2) is 5.88. The van der Waals surface area contributed by atoms with Crippen molar-refractivity contribution in [1.82, 2.24) is 10.0 Å². The highest BCUT2D eigenvalue weighted by Gasteiger charge is 2.39. The first-order valence-electron chi connectivity index (χ1n) is 7.57. The van der Waals surface area contributed by atoms with Gasteiger partial charge in [-0.25, -0.2) is 4.79 Å². The summed E-state index contributed by atoms with van der Waals surface area (Å²) in [5, 5.41) is 0.503. The predicted octanol–water partition coefficient (Wildman–Crippen LogP) is 2.88. The Morgan fingerprint density at radius 1 is 1.04 bits per heavy atom. The molecule has 24 heavy (non-hydrogen) atoms. The number of imide groups is 1. The number of amides is 2. The van der Waals surface area contributed by atoms with Gasteiger partial charge in [-0.15, -0.1) is 0 Å². The summed E-state index contributed by atoms with van der Waals surface area (Å²) < 4.78 is 0. The maximum Gasteiger partial charge on any atom is 0.365 e. The molecule has 0 spiro atoms. The van der Waals surface area contributed by atoms with Crippen LogP contribution in [0.15, 0.2) is 36.4 Å². The molecule has 2 heterocycles. The second-order valence-corrected chi connectivity index (χ2v) is 5.85. The van der Waals surface area contributed by atoms with Gasteiger partial charge in [0, 0.05) is 5.69 Å². The van der Waals surface area contributed by atoms with E-state index in [1.54, 1.807) is 31.2 Å². The van der Waals surface area contributed by atoms with E-state index < -0.39 is 17.8 Å². The third kappa shape index (κ3) is 2.56. The van der Waals surface area contributed by atoms with E-state index in [1.165, 1.54) is 12.1 Å². The summed E-state index contributed by atoms with van der Waals surface area (Å²) in [7, 11) is 0. The highest BCUT2D eigenvalue weighted by Crippen LogP contribution is 2.24. The molecule has 3 rings (SSSR count). The SMILES string of the molecule is Cc1nc(C(C)C)ccc1C(=O)ON1C(=O)c2ccccc2C1=O. The smallest absolute Gasteiger partial charge is 0.324 e. The summed E-state index contributed by atoms with van der Waals surface area (Å²) >= 11 is 0. The molecule has 0 radical (unpaired) electrons. The third-order valence-corrected chi connectivity index (χ3v) is 3.85. The molecule has 2 aromatic rings. The van der Waals surface area contributed by atoms with Crippen molar-refractivity contribution in [2.24, 2.45) is 0 Å². The maximum atomic E-state index is 12.3. The number of carbonyl (C=O) groups excluding carboxylic acids is 3. The van der Waals surface area contributed by atoms with Gasteiger partial charge in [-0.05, 0) is 37.1 Å². The van der Waals surface area contributed by atoms with Crippen molar-refractivity contribution in [2.45, 2.75) is 26.7 Å². The van der Waals surface area contributed by atoms with E-state index in [0.29, 0.717) is 10.8 Å². The van der Waals surface area contributed by atoms with E-state index in [1.807, 2.05) is 13.8 Å². The lowest BCUT2D eigenvalue weighted by atomic mass is 10.1. The van der Waals surface area contributed by atoms with E-state index >= 15 is 0 Å². The fourth-order valence-electron chi connectivity index (χ4n) is 2.50. The molecule has 1 aromatic carbocycles. The Bertz CT molecular complexity index is 823. The number of rotatable bonds is 3. The van der Waals surface area contributed by atoms with Crippen LogP contribution in [0.5, 0.6) is 0 Å². The number of aryl methyl sites for hydroxylation is 1. The highest BCUT2D eigenvalue weighted by molar-refractivity contribution is 6.21. The fourth-order valence-corrected chi connectivity index (χ4v) is 2.50. The van der Waals surface area contributed by atoms with Gasteiger partial charge >= 0.3 is 5.97 Å². The van der Waals surface area contributed by atoms with Gasteiger partial charge in [0.1, 0.15) is 0 Å². The molecule has 0 saturated carbocycles. The molecule has 0 fully saturated rings. The van der Waals surface area contributed by atoms with Crippen LogP contribution in [0.1, 0.15) is 62.2 Å². The molecule has 0 bridgehead atoms. The van der Waals surface area contributed by atoms with Crippen LogP contribution in [0.4, 0.5) is 0 Å². The van der Waals surface area contributed by atoms with Crippen molar-refractivity contribution in [1.29, 1.82) is 0 Å². The van der Waals surface area contributed by atoms with Gasteiger partial charge in [0.25, 0.3) is 11.8 Å². The molecule has 122 valence electrons. The lowest BCUT2D eigenvalue weighted by molar-refractivity contribution is -0.0585. The summed E-state index contributed by atoms with van der Waals surface area (Å²) in [6, 6.07) is 9.66. The van der Waals surface area contributed by atoms with Gasteiger partial charge in [0.2, 0.25) is 0 Å². The van der Waals surface area contributed by atoms with Crippen LogP contribution < -0.4 is 0 Å². The molecule has 0 aliphatic carbocycles. The fraction of sp³-hybridized carbons (Fsp3) is 0.222. The number of hydroxylamine groups is 2. The first-order valence-corrected chi connectivity index (χ1v) is 7.57. The molecule has 1 aliphatic heterocycles. The number of aromatic nitrogens is 1. The standard InChI is InChI=1S/C18H16N2O4/c1-10(2)15-9-8-12(11(3)19-15)18(23)24-20-16(21)13-6-4-5-7-14(13)17(20)22/h4-10H,1-3H3. The summed E-state index contributed by atoms with van der Waals surface area (Å²) in [6.45, 7) is 5.68. The van der Waals surface area contributed by atoms with Crippen LogP contribution in [0.25, 0.3) is 0 Å². The normalized spacial score (nSPS) is 13.4. The molecular weight excluding hydrogens is 308 g/mol. The minimum absolute atomic E-state index is 0.218. The van der Waals surface area contributed by atoms with E-state index in [4.69, 9.17) is 4.84 Å². The zero-order valence-electron chi connectivity index (χ0n) is 13.6. The number of carbonyl (C=O) groups is 3. The molecule has 0 saturated heterocycles. The predicted molar refractivity (Wildman–Crippen MR) is 85.4 cm³/mol. The van der Waals surface area contributed by atoms with E-state index in [9.17, 15) is 14.4 Å². The van der Waals surface area contributed by atoms with Crippen molar-refractivity contribution in [3.8, 4) is 0 Å². The number of hydrogen-bond donors (Lipinski definition) is 0. The van der Waals surface area contributed by atoms with Gasteiger partial charge in [0.05, 0.1) is 22.4 Å². The van der Waals surface area contributed by atoms with Crippen LogP contribution in [0.3, 0.4) is 0 Å². The molecule has 1 aliphatic rings. The summed E-state index contributed by atoms with van der Waals surface area (Å²) in [5.41, 5.74) is 2.00.